The summed E-state index contributed by atoms with van der Waals surface area (Å²) in [5.41, 5.74) is 5.31. The Bertz CT molecular complexity index is 1280. The maximum absolute atomic E-state index is 12.8. The van der Waals surface area contributed by atoms with E-state index in [0.29, 0.717) is 18.3 Å². The first kappa shape index (κ1) is 28.9. The predicted octanol–water partition coefficient (Wildman–Crippen LogP) is 6.80. The van der Waals surface area contributed by atoms with Crippen LogP contribution >= 0.6 is 0 Å². The molecule has 0 saturated carbocycles. The van der Waals surface area contributed by atoms with Crippen molar-refractivity contribution in [2.24, 2.45) is 5.92 Å². The van der Waals surface area contributed by atoms with Gasteiger partial charge in [-0.15, -0.1) is 0 Å². The number of unbranched alkanes of at least 4 members (excludes halogenated alkanes) is 2. The normalized spacial score (nSPS) is 16.1. The molecular formula is C36H44N2O3. The van der Waals surface area contributed by atoms with Crippen LogP contribution in [0.15, 0.2) is 78.9 Å². The molecule has 0 atom stereocenters. The molecule has 1 amide bonds. The fourth-order valence-corrected chi connectivity index (χ4v) is 6.03. The Labute approximate surface area is 245 Å². The molecule has 0 spiro atoms. The van der Waals surface area contributed by atoms with E-state index < -0.39 is 0 Å². The zero-order valence-corrected chi connectivity index (χ0v) is 24.5. The average Bonchev–Trinajstić information content (AvgIpc) is 3.02. The van der Waals surface area contributed by atoms with Crippen LogP contribution in [0.1, 0.15) is 54.4 Å². The minimum absolute atomic E-state index is 0.0798. The minimum atomic E-state index is 0.0798. The lowest BCUT2D eigenvalue weighted by Gasteiger charge is -2.31. The third-order valence-corrected chi connectivity index (χ3v) is 8.49. The Morgan fingerprint density at radius 2 is 1.66 bits per heavy atom. The van der Waals surface area contributed by atoms with Gasteiger partial charge in [-0.1, -0.05) is 60.7 Å². The first-order valence-corrected chi connectivity index (χ1v) is 15.3. The van der Waals surface area contributed by atoms with Crippen molar-refractivity contribution in [3.63, 3.8) is 0 Å². The lowest BCUT2D eigenvalue weighted by atomic mass is 9.90. The Morgan fingerprint density at radius 1 is 0.878 bits per heavy atom. The number of benzene rings is 3. The third kappa shape index (κ3) is 8.46. The van der Waals surface area contributed by atoms with Gasteiger partial charge in [0.25, 0.3) is 0 Å². The summed E-state index contributed by atoms with van der Waals surface area (Å²) in [6, 6.07) is 25.4. The van der Waals surface area contributed by atoms with Gasteiger partial charge in [0.15, 0.2) is 11.5 Å². The molecule has 2 aliphatic rings. The third-order valence-electron chi connectivity index (χ3n) is 8.49. The number of hydrogen-bond donors (Lipinski definition) is 0. The van der Waals surface area contributed by atoms with Crippen molar-refractivity contribution < 1.29 is 14.3 Å². The summed E-state index contributed by atoms with van der Waals surface area (Å²) in [6.45, 7) is 5.69. The predicted molar refractivity (Wildman–Crippen MR) is 166 cm³/mol. The highest BCUT2D eigenvalue weighted by atomic mass is 16.5. The lowest BCUT2D eigenvalue weighted by Crippen LogP contribution is -2.37. The smallest absolute Gasteiger partial charge is 0.246 e. The van der Waals surface area contributed by atoms with Crippen molar-refractivity contribution in [3.8, 4) is 11.5 Å². The highest BCUT2D eigenvalue weighted by Crippen LogP contribution is 2.29. The van der Waals surface area contributed by atoms with Gasteiger partial charge in [-0.05, 0) is 97.9 Å². The van der Waals surface area contributed by atoms with E-state index in [4.69, 9.17) is 9.47 Å². The summed E-state index contributed by atoms with van der Waals surface area (Å²) in [7, 11) is 1.66. The van der Waals surface area contributed by atoms with Gasteiger partial charge in [-0.3, -0.25) is 9.69 Å². The number of hydrogen-bond acceptors (Lipinski definition) is 4. The molecule has 0 unspecified atom stereocenters. The molecule has 0 bridgehead atoms. The van der Waals surface area contributed by atoms with Crippen LogP contribution in [0.3, 0.4) is 0 Å². The van der Waals surface area contributed by atoms with Gasteiger partial charge in [0, 0.05) is 32.3 Å². The standard InChI is InChI=1S/C36H44N2O3/c1-40-35-27-30(15-17-36(39)38-23-18-31(19-24-38)26-29-10-4-2-5-11-29)14-16-34(35)41-25-9-3-8-21-37-22-20-32-12-6-7-13-33(32)28-37/h2,4-7,10-17,27,31H,3,8-9,18-26,28H2,1H3/b17-15+. The van der Waals surface area contributed by atoms with Crippen LogP contribution in [0.4, 0.5) is 0 Å². The molecule has 1 saturated heterocycles. The molecule has 41 heavy (non-hydrogen) atoms. The average molecular weight is 553 g/mol. The molecular weight excluding hydrogens is 508 g/mol. The number of carbonyl (C=O) groups is 1. The topological polar surface area (TPSA) is 42.0 Å². The monoisotopic (exact) mass is 552 g/mol. The second kappa shape index (κ2) is 14.9. The van der Waals surface area contributed by atoms with Crippen LogP contribution in [0, 0.1) is 5.92 Å². The van der Waals surface area contributed by atoms with Crippen molar-refractivity contribution in [2.75, 3.05) is 39.9 Å². The first-order chi connectivity index (χ1) is 20.2. The van der Waals surface area contributed by atoms with Gasteiger partial charge in [0.2, 0.25) is 5.91 Å². The van der Waals surface area contributed by atoms with E-state index in [9.17, 15) is 4.79 Å². The number of piperidine rings is 1. The molecule has 5 rings (SSSR count). The molecule has 2 heterocycles. The highest BCUT2D eigenvalue weighted by molar-refractivity contribution is 5.92. The number of methoxy groups -OCH3 is 1. The quantitative estimate of drug-likeness (QED) is 0.183. The Balaban J connectivity index is 1.00. The van der Waals surface area contributed by atoms with Crippen molar-refractivity contribution in [1.82, 2.24) is 9.80 Å². The fourth-order valence-electron chi connectivity index (χ4n) is 6.03. The molecule has 216 valence electrons. The number of fused-ring (bicyclic) bond motifs is 1. The summed E-state index contributed by atoms with van der Waals surface area (Å²) in [4.78, 5) is 17.4. The highest BCUT2D eigenvalue weighted by Gasteiger charge is 2.21. The van der Waals surface area contributed by atoms with Crippen LogP contribution in [-0.4, -0.2) is 55.6 Å². The molecule has 0 N–H and O–H groups in total. The fraction of sp³-hybridized carbons (Fsp3) is 0.417. The van der Waals surface area contributed by atoms with Crippen LogP contribution in [0.25, 0.3) is 6.08 Å². The molecule has 0 aliphatic carbocycles. The largest absolute Gasteiger partial charge is 0.493 e. The van der Waals surface area contributed by atoms with Crippen LogP contribution < -0.4 is 9.47 Å². The van der Waals surface area contributed by atoms with E-state index in [0.717, 1.165) is 82.6 Å². The number of nitrogens with zero attached hydrogens (tertiary/aromatic N) is 2. The maximum Gasteiger partial charge on any atom is 0.246 e. The minimum Gasteiger partial charge on any atom is -0.493 e. The van der Waals surface area contributed by atoms with Gasteiger partial charge < -0.3 is 14.4 Å². The van der Waals surface area contributed by atoms with Gasteiger partial charge in [-0.2, -0.15) is 0 Å². The molecule has 2 aliphatic heterocycles. The summed E-state index contributed by atoms with van der Waals surface area (Å²) >= 11 is 0. The van der Waals surface area contributed by atoms with Crippen molar-refractivity contribution in [3.05, 3.63) is 101 Å². The zero-order chi connectivity index (χ0) is 28.3. The van der Waals surface area contributed by atoms with E-state index >= 15 is 0 Å². The van der Waals surface area contributed by atoms with Crippen LogP contribution in [0.2, 0.25) is 0 Å². The van der Waals surface area contributed by atoms with Crippen molar-refractivity contribution in [2.45, 2.75) is 51.5 Å². The molecule has 0 aromatic heterocycles. The lowest BCUT2D eigenvalue weighted by molar-refractivity contribution is -0.127. The summed E-state index contributed by atoms with van der Waals surface area (Å²) in [6.07, 6.45) is 11.3. The molecule has 1 fully saturated rings. The summed E-state index contributed by atoms with van der Waals surface area (Å²) in [5.74, 6) is 2.18. The van der Waals surface area contributed by atoms with E-state index in [2.05, 4.69) is 59.5 Å². The van der Waals surface area contributed by atoms with Gasteiger partial charge in [-0.25, -0.2) is 0 Å². The molecule has 0 radical (unpaired) electrons. The van der Waals surface area contributed by atoms with Gasteiger partial charge in [0.1, 0.15) is 0 Å². The SMILES string of the molecule is COc1cc(/C=C/C(=O)N2CCC(Cc3ccccc3)CC2)ccc1OCCCCCN1CCc2ccccc2C1. The summed E-state index contributed by atoms with van der Waals surface area (Å²) < 4.78 is 11.7. The number of amides is 1. The first-order valence-electron chi connectivity index (χ1n) is 15.3. The Kier molecular flexibility index (Phi) is 10.5. The number of rotatable bonds is 12. The second-order valence-electron chi connectivity index (χ2n) is 11.4. The van der Waals surface area contributed by atoms with E-state index in [-0.39, 0.29) is 5.91 Å². The molecule has 5 heteroatoms. The van der Waals surface area contributed by atoms with E-state index in [1.807, 2.05) is 29.2 Å². The molecule has 5 nitrogen and oxygen atoms in total. The van der Waals surface area contributed by atoms with Gasteiger partial charge in [0.05, 0.1) is 13.7 Å². The molecule has 3 aromatic carbocycles. The van der Waals surface area contributed by atoms with Crippen LogP contribution in [0.5, 0.6) is 11.5 Å². The Hall–Kier alpha value is -3.57. The number of ether oxygens (including phenoxy) is 2. The Morgan fingerprint density at radius 3 is 2.46 bits per heavy atom. The van der Waals surface area contributed by atoms with E-state index in [1.165, 1.54) is 23.1 Å². The summed E-state index contributed by atoms with van der Waals surface area (Å²) in [5, 5.41) is 0. The van der Waals surface area contributed by atoms with Crippen molar-refractivity contribution >= 4 is 12.0 Å². The van der Waals surface area contributed by atoms with Gasteiger partial charge >= 0.3 is 0 Å². The number of likely N-dealkylation sites (tertiary alicyclic amines) is 1. The van der Waals surface area contributed by atoms with Crippen molar-refractivity contribution in [1.29, 1.82) is 0 Å². The maximum atomic E-state index is 12.8. The van der Waals surface area contributed by atoms with Crippen LogP contribution in [-0.2, 0) is 24.2 Å². The second-order valence-corrected chi connectivity index (χ2v) is 11.4. The van der Waals surface area contributed by atoms with E-state index in [1.54, 1.807) is 13.2 Å². The zero-order valence-electron chi connectivity index (χ0n) is 24.5. The molecule has 3 aromatic rings. The number of carbonyl (C=O) groups excluding carboxylic acids is 1.